The zero-order valence-corrected chi connectivity index (χ0v) is 28.6. The fraction of sp³-hybridized carbons (Fsp3) is 0.316. The van der Waals surface area contributed by atoms with Gasteiger partial charge in [0, 0.05) is 44.3 Å². The van der Waals surface area contributed by atoms with Crippen LogP contribution in [0.3, 0.4) is 0 Å². The summed E-state index contributed by atoms with van der Waals surface area (Å²) in [6.45, 7) is 3.93. The molecule has 2 unspecified atom stereocenters. The van der Waals surface area contributed by atoms with E-state index in [1.165, 1.54) is 16.5 Å². The highest BCUT2D eigenvalue weighted by molar-refractivity contribution is 7.12. The molecule has 0 aliphatic heterocycles. The molecule has 2 atom stereocenters. The maximum atomic E-state index is 12.7. The first kappa shape index (κ1) is 33.1. The third-order valence-electron chi connectivity index (χ3n) is 9.22. The number of nitrogens with one attached hydrogen (secondary N) is 1. The molecular formula is C38H37Cl2N3O3S. The Kier molecular flexibility index (Phi) is 10.5. The smallest absolute Gasteiger partial charge is 0.255 e. The highest BCUT2D eigenvalue weighted by atomic mass is 35.5. The molecule has 2 heterocycles. The number of fused-ring (bicyclic) bond motifs is 2. The lowest BCUT2D eigenvalue weighted by Gasteiger charge is -2.34. The van der Waals surface area contributed by atoms with Crippen molar-refractivity contribution in [3.63, 3.8) is 0 Å². The number of nitriles is 1. The predicted octanol–water partition coefficient (Wildman–Crippen LogP) is 9.33. The lowest BCUT2D eigenvalue weighted by molar-refractivity contribution is 0.0943. The Bertz CT molecular complexity index is 1890. The second-order valence-corrected chi connectivity index (χ2v) is 14.3. The number of carbonyl (C=O) groups excluding carboxylic acids is 1. The monoisotopic (exact) mass is 685 g/mol. The van der Waals surface area contributed by atoms with Crippen LogP contribution in [0, 0.1) is 17.2 Å². The summed E-state index contributed by atoms with van der Waals surface area (Å²) in [7, 11) is 0. The maximum Gasteiger partial charge on any atom is 0.255 e. The van der Waals surface area contributed by atoms with Crippen LogP contribution < -0.4 is 5.32 Å². The third-order valence-corrected chi connectivity index (χ3v) is 11.1. The summed E-state index contributed by atoms with van der Waals surface area (Å²) in [6, 6.07) is 25.2. The summed E-state index contributed by atoms with van der Waals surface area (Å²) in [6.07, 6.45) is 5.19. The Balaban J connectivity index is 1.17. The molecule has 242 valence electrons. The number of phenols is 1. The fourth-order valence-corrected chi connectivity index (χ4v) is 8.38. The van der Waals surface area contributed by atoms with E-state index in [0.717, 1.165) is 71.3 Å². The van der Waals surface area contributed by atoms with Crippen molar-refractivity contribution in [1.29, 1.82) is 5.26 Å². The van der Waals surface area contributed by atoms with Crippen LogP contribution in [-0.4, -0.2) is 28.5 Å². The van der Waals surface area contributed by atoms with Gasteiger partial charge >= 0.3 is 0 Å². The van der Waals surface area contributed by atoms with E-state index < -0.39 is 0 Å². The van der Waals surface area contributed by atoms with Gasteiger partial charge in [0.2, 0.25) is 0 Å². The van der Waals surface area contributed by atoms with Crippen molar-refractivity contribution in [3.8, 4) is 11.8 Å². The molecule has 0 bridgehead atoms. The van der Waals surface area contributed by atoms with Gasteiger partial charge in [-0.3, -0.25) is 9.69 Å². The maximum absolute atomic E-state index is 12.7. The number of phenolic OH excluding ortho intramolecular Hbond substituents is 1. The van der Waals surface area contributed by atoms with Crippen LogP contribution in [-0.2, 0) is 32.4 Å². The molecule has 6 rings (SSSR count). The number of hydrogen-bond donors (Lipinski definition) is 2. The number of nitrogens with zero attached hydrogens (tertiary/aromatic N) is 2. The van der Waals surface area contributed by atoms with Crippen molar-refractivity contribution in [3.05, 3.63) is 121 Å². The molecule has 2 N–H and O–H groups in total. The average Bonchev–Trinajstić information content (AvgIpc) is 3.65. The van der Waals surface area contributed by atoms with Crippen LogP contribution in [0.15, 0.2) is 77.2 Å². The number of amides is 1. The molecule has 1 aliphatic carbocycles. The van der Waals surface area contributed by atoms with Gasteiger partial charge in [-0.1, -0.05) is 72.9 Å². The van der Waals surface area contributed by atoms with E-state index >= 15 is 0 Å². The van der Waals surface area contributed by atoms with Gasteiger partial charge in [0.1, 0.15) is 23.2 Å². The highest BCUT2D eigenvalue weighted by Crippen LogP contribution is 2.38. The minimum atomic E-state index is -0.274. The van der Waals surface area contributed by atoms with Gasteiger partial charge in [-0.15, -0.1) is 11.3 Å². The SMILES string of the molecule is CCC(CCc1sc2c(c1C#N)CCC(N(Cc1cc3ccccc3o1)Cc1ccc(Cl)cc1Cl)C2)CNC(=O)c1ccccc1O. The summed E-state index contributed by atoms with van der Waals surface area (Å²) in [5.41, 5.74) is 4.20. The van der Waals surface area contributed by atoms with E-state index in [1.807, 2.05) is 30.3 Å². The molecule has 9 heteroatoms. The largest absolute Gasteiger partial charge is 0.507 e. The van der Waals surface area contributed by atoms with Crippen molar-refractivity contribution in [1.82, 2.24) is 10.2 Å². The van der Waals surface area contributed by atoms with E-state index in [1.54, 1.807) is 35.6 Å². The molecule has 3 aromatic carbocycles. The summed E-state index contributed by atoms with van der Waals surface area (Å²) in [4.78, 5) is 17.5. The van der Waals surface area contributed by atoms with E-state index in [4.69, 9.17) is 27.6 Å². The molecule has 6 nitrogen and oxygen atoms in total. The van der Waals surface area contributed by atoms with Crippen molar-refractivity contribution in [2.24, 2.45) is 5.92 Å². The Morgan fingerprint density at radius 3 is 2.70 bits per heavy atom. The number of benzene rings is 3. The Morgan fingerprint density at radius 1 is 1.13 bits per heavy atom. The standard InChI is InChI=1S/C38H37Cl2N3O3S/c1-2-24(21-42-38(45)31-8-4-5-9-34(31)44)11-16-36-32(20-41)30-15-14-28(19-37(30)47-36)43(22-26-12-13-27(39)18-33(26)40)23-29-17-25-7-3-6-10-35(25)46-29/h3-10,12-13,17-18,24,28,44H,2,11,14-16,19,21-23H2,1H3,(H,42,45). The van der Waals surface area contributed by atoms with Crippen LogP contribution in [0.4, 0.5) is 0 Å². The van der Waals surface area contributed by atoms with Gasteiger partial charge in [-0.25, -0.2) is 0 Å². The quantitative estimate of drug-likeness (QED) is 0.137. The number of aromatic hydroxyl groups is 1. The zero-order chi connectivity index (χ0) is 32.9. The number of hydrogen-bond acceptors (Lipinski definition) is 6. The van der Waals surface area contributed by atoms with Crippen molar-refractivity contribution in [2.75, 3.05) is 6.54 Å². The van der Waals surface area contributed by atoms with Crippen molar-refractivity contribution >= 4 is 51.4 Å². The Morgan fingerprint density at radius 2 is 1.94 bits per heavy atom. The lowest BCUT2D eigenvalue weighted by Crippen LogP contribution is -2.38. The Hall–Kier alpha value is -3.80. The van der Waals surface area contributed by atoms with Crippen molar-refractivity contribution in [2.45, 2.75) is 64.6 Å². The van der Waals surface area contributed by atoms with Crippen molar-refractivity contribution < 1.29 is 14.3 Å². The number of halogens is 2. The van der Waals surface area contributed by atoms with E-state index in [0.29, 0.717) is 29.7 Å². The number of thiophene rings is 1. The van der Waals surface area contributed by atoms with Gasteiger partial charge in [0.15, 0.2) is 0 Å². The van der Waals surface area contributed by atoms with Gasteiger partial charge in [-0.05, 0) is 85.5 Å². The van der Waals surface area contributed by atoms with Crippen LogP contribution in [0.25, 0.3) is 11.0 Å². The molecule has 47 heavy (non-hydrogen) atoms. The average molecular weight is 687 g/mol. The first-order valence-electron chi connectivity index (χ1n) is 16.1. The Labute approximate surface area is 289 Å². The normalized spacial score (nSPS) is 15.0. The zero-order valence-electron chi connectivity index (χ0n) is 26.3. The second-order valence-electron chi connectivity index (χ2n) is 12.2. The number of carbonyl (C=O) groups is 1. The summed E-state index contributed by atoms with van der Waals surface area (Å²) in [5, 5.41) is 25.6. The van der Waals surface area contributed by atoms with Gasteiger partial charge < -0.3 is 14.8 Å². The number of rotatable bonds is 12. The minimum Gasteiger partial charge on any atom is -0.507 e. The highest BCUT2D eigenvalue weighted by Gasteiger charge is 2.30. The number of furan rings is 1. The molecule has 0 saturated heterocycles. The molecule has 0 spiro atoms. The van der Waals surface area contributed by atoms with E-state index in [-0.39, 0.29) is 29.2 Å². The second kappa shape index (κ2) is 15.0. The molecule has 2 aromatic heterocycles. The molecule has 5 aromatic rings. The fourth-order valence-electron chi connectivity index (χ4n) is 6.52. The van der Waals surface area contributed by atoms with Gasteiger partial charge in [0.05, 0.1) is 17.7 Å². The van der Waals surface area contributed by atoms with Gasteiger partial charge in [0.25, 0.3) is 5.91 Å². The number of para-hydroxylation sites is 2. The summed E-state index contributed by atoms with van der Waals surface area (Å²) in [5.74, 6) is 0.870. The molecular weight excluding hydrogens is 649 g/mol. The van der Waals surface area contributed by atoms with Crippen LogP contribution in [0.2, 0.25) is 10.0 Å². The van der Waals surface area contributed by atoms with Gasteiger partial charge in [-0.2, -0.15) is 5.26 Å². The van der Waals surface area contributed by atoms with Crippen LogP contribution in [0.5, 0.6) is 5.75 Å². The van der Waals surface area contributed by atoms with E-state index in [2.05, 4.69) is 35.3 Å². The summed E-state index contributed by atoms with van der Waals surface area (Å²) >= 11 is 14.6. The first-order chi connectivity index (χ1) is 22.8. The molecule has 1 aliphatic rings. The predicted molar refractivity (Wildman–Crippen MR) is 189 cm³/mol. The number of aryl methyl sites for hydroxylation is 1. The topological polar surface area (TPSA) is 89.5 Å². The van der Waals surface area contributed by atoms with E-state index in [9.17, 15) is 15.2 Å². The van der Waals surface area contributed by atoms with Crippen LogP contribution in [0.1, 0.15) is 68.7 Å². The summed E-state index contributed by atoms with van der Waals surface area (Å²) < 4.78 is 6.24. The minimum absolute atomic E-state index is 0.0217. The lowest BCUT2D eigenvalue weighted by atomic mass is 9.89. The van der Waals surface area contributed by atoms with Crippen LogP contribution >= 0.6 is 34.5 Å². The molecule has 1 amide bonds. The first-order valence-corrected chi connectivity index (χ1v) is 17.6. The third kappa shape index (κ3) is 7.69. The molecule has 0 fully saturated rings. The molecule has 0 saturated carbocycles. The molecule has 0 radical (unpaired) electrons.